The van der Waals surface area contributed by atoms with E-state index in [1.165, 1.54) is 0 Å². The number of esters is 1. The molecule has 2 aromatic heterocycles. The number of hydrogen-bond acceptors (Lipinski definition) is 7. The van der Waals surface area contributed by atoms with Crippen molar-refractivity contribution in [2.24, 2.45) is 0 Å². The number of nitrogens with zero attached hydrogens (tertiary/aromatic N) is 4. The minimum Gasteiger partial charge on any atom is -0.462 e. The fourth-order valence-corrected chi connectivity index (χ4v) is 3.85. The fraction of sp³-hybridized carbons (Fsp3) is 0.350. The second-order valence-electron chi connectivity index (χ2n) is 6.36. The summed E-state index contributed by atoms with van der Waals surface area (Å²) in [4.78, 5) is 18.8. The first-order valence-corrected chi connectivity index (χ1v) is 10.3. The summed E-state index contributed by atoms with van der Waals surface area (Å²) in [5, 5.41) is 5.33. The van der Waals surface area contributed by atoms with Crippen LogP contribution in [0.5, 0.6) is 0 Å². The SMILES string of the molecule is CCOC(=O)c1ccc(CSc2nc(N3CCOCC3)c3cccn3n2)cc1. The molecule has 0 N–H and O–H groups in total. The van der Waals surface area contributed by atoms with Gasteiger partial charge in [-0.15, -0.1) is 5.10 Å². The van der Waals surface area contributed by atoms with E-state index in [2.05, 4.69) is 10.00 Å². The van der Waals surface area contributed by atoms with Gasteiger partial charge in [0.05, 0.1) is 25.4 Å². The Morgan fingerprint density at radius 1 is 1.21 bits per heavy atom. The summed E-state index contributed by atoms with van der Waals surface area (Å²) < 4.78 is 12.4. The summed E-state index contributed by atoms with van der Waals surface area (Å²) in [6.07, 6.45) is 1.94. The molecule has 7 nitrogen and oxygen atoms in total. The van der Waals surface area contributed by atoms with Crippen LogP contribution in [0.15, 0.2) is 47.8 Å². The smallest absolute Gasteiger partial charge is 0.338 e. The molecule has 0 unspecified atom stereocenters. The Morgan fingerprint density at radius 2 is 2.00 bits per heavy atom. The molecule has 1 fully saturated rings. The van der Waals surface area contributed by atoms with Gasteiger partial charge in [0, 0.05) is 25.0 Å². The van der Waals surface area contributed by atoms with Crippen LogP contribution in [0.1, 0.15) is 22.8 Å². The summed E-state index contributed by atoms with van der Waals surface area (Å²) in [5.41, 5.74) is 2.67. The maximum Gasteiger partial charge on any atom is 0.338 e. The largest absolute Gasteiger partial charge is 0.462 e. The lowest BCUT2D eigenvalue weighted by Crippen LogP contribution is -2.37. The Kier molecular flexibility index (Phi) is 5.78. The maximum atomic E-state index is 11.8. The average molecular weight is 398 g/mol. The van der Waals surface area contributed by atoms with Gasteiger partial charge in [0.15, 0.2) is 5.82 Å². The number of carbonyl (C=O) groups excluding carboxylic acids is 1. The molecule has 0 atom stereocenters. The predicted octanol–water partition coefficient (Wildman–Crippen LogP) is 3.03. The van der Waals surface area contributed by atoms with Crippen LogP contribution in [0, 0.1) is 0 Å². The minimum atomic E-state index is -0.293. The van der Waals surface area contributed by atoms with Crippen LogP contribution in [-0.2, 0) is 15.2 Å². The number of ether oxygens (including phenoxy) is 2. The molecule has 0 spiro atoms. The van der Waals surface area contributed by atoms with E-state index < -0.39 is 0 Å². The number of morpholine rings is 1. The minimum absolute atomic E-state index is 0.293. The highest BCUT2D eigenvalue weighted by Crippen LogP contribution is 2.26. The molecule has 8 heteroatoms. The van der Waals surface area contributed by atoms with Gasteiger partial charge < -0.3 is 14.4 Å². The highest BCUT2D eigenvalue weighted by Gasteiger charge is 2.18. The highest BCUT2D eigenvalue weighted by molar-refractivity contribution is 7.98. The van der Waals surface area contributed by atoms with Crippen molar-refractivity contribution in [3.63, 3.8) is 0 Å². The zero-order valence-corrected chi connectivity index (χ0v) is 16.5. The van der Waals surface area contributed by atoms with E-state index in [1.54, 1.807) is 30.8 Å². The summed E-state index contributed by atoms with van der Waals surface area (Å²) in [6.45, 7) is 5.27. The number of fused-ring (bicyclic) bond motifs is 1. The molecule has 0 aliphatic carbocycles. The van der Waals surface area contributed by atoms with Crippen LogP contribution in [0.4, 0.5) is 5.82 Å². The van der Waals surface area contributed by atoms with Crippen LogP contribution in [0.25, 0.3) is 5.52 Å². The van der Waals surface area contributed by atoms with E-state index in [4.69, 9.17) is 14.5 Å². The molecule has 28 heavy (non-hydrogen) atoms. The highest BCUT2D eigenvalue weighted by atomic mass is 32.2. The molecule has 3 heterocycles. The predicted molar refractivity (Wildman–Crippen MR) is 108 cm³/mol. The number of carbonyl (C=O) groups is 1. The van der Waals surface area contributed by atoms with E-state index in [0.717, 1.165) is 40.9 Å². The monoisotopic (exact) mass is 398 g/mol. The van der Waals surface area contributed by atoms with Gasteiger partial charge in [-0.25, -0.2) is 14.3 Å². The van der Waals surface area contributed by atoms with Gasteiger partial charge in [-0.3, -0.25) is 0 Å². The number of rotatable bonds is 6. The quantitative estimate of drug-likeness (QED) is 0.467. The van der Waals surface area contributed by atoms with Crippen molar-refractivity contribution in [2.45, 2.75) is 17.8 Å². The van der Waals surface area contributed by atoms with E-state index in [-0.39, 0.29) is 5.97 Å². The van der Waals surface area contributed by atoms with Gasteiger partial charge in [-0.05, 0) is 36.8 Å². The second-order valence-corrected chi connectivity index (χ2v) is 7.30. The number of hydrogen-bond donors (Lipinski definition) is 0. The third-order valence-corrected chi connectivity index (χ3v) is 5.40. The topological polar surface area (TPSA) is 69.0 Å². The van der Waals surface area contributed by atoms with E-state index in [9.17, 15) is 4.79 Å². The molecule has 0 radical (unpaired) electrons. The standard InChI is InChI=1S/C20H22N4O3S/c1-2-27-19(25)16-7-5-15(6-8-16)14-28-20-21-18(23-10-12-26-13-11-23)17-4-3-9-24(17)22-20/h3-9H,2,10-14H2,1H3. The Bertz CT molecular complexity index is 952. The van der Waals surface area contributed by atoms with Gasteiger partial charge in [0.2, 0.25) is 5.16 Å². The van der Waals surface area contributed by atoms with Crippen molar-refractivity contribution in [1.82, 2.24) is 14.6 Å². The van der Waals surface area contributed by atoms with Crippen LogP contribution < -0.4 is 4.90 Å². The zero-order chi connectivity index (χ0) is 19.3. The van der Waals surface area contributed by atoms with E-state index >= 15 is 0 Å². The molecule has 0 saturated carbocycles. The number of aromatic nitrogens is 3. The maximum absolute atomic E-state index is 11.8. The molecule has 3 aromatic rings. The number of anilines is 1. The van der Waals surface area contributed by atoms with Crippen LogP contribution in [0.3, 0.4) is 0 Å². The van der Waals surface area contributed by atoms with Crippen LogP contribution in [-0.4, -0.2) is 53.5 Å². The molecule has 4 rings (SSSR count). The van der Waals surface area contributed by atoms with Gasteiger partial charge in [0.25, 0.3) is 0 Å². The van der Waals surface area contributed by atoms with Crippen molar-refractivity contribution >= 4 is 29.1 Å². The number of thioether (sulfide) groups is 1. The molecule has 146 valence electrons. The molecule has 1 saturated heterocycles. The summed E-state index contributed by atoms with van der Waals surface area (Å²) in [7, 11) is 0. The second kappa shape index (κ2) is 8.62. The Labute approximate surface area is 167 Å². The lowest BCUT2D eigenvalue weighted by Gasteiger charge is -2.28. The van der Waals surface area contributed by atoms with Crippen molar-refractivity contribution in [3.05, 3.63) is 53.7 Å². The van der Waals surface area contributed by atoms with Crippen LogP contribution in [0.2, 0.25) is 0 Å². The van der Waals surface area contributed by atoms with Gasteiger partial charge in [-0.2, -0.15) is 0 Å². The third-order valence-electron chi connectivity index (χ3n) is 4.50. The molecule has 0 bridgehead atoms. The van der Waals surface area contributed by atoms with Gasteiger partial charge in [0.1, 0.15) is 5.52 Å². The number of benzene rings is 1. The lowest BCUT2D eigenvalue weighted by atomic mass is 10.1. The van der Waals surface area contributed by atoms with Crippen molar-refractivity contribution in [2.75, 3.05) is 37.8 Å². The molecular formula is C20H22N4O3S. The van der Waals surface area contributed by atoms with Gasteiger partial charge in [-0.1, -0.05) is 23.9 Å². The first-order valence-electron chi connectivity index (χ1n) is 9.31. The molecule has 0 amide bonds. The summed E-state index contributed by atoms with van der Waals surface area (Å²) in [6, 6.07) is 11.5. The Morgan fingerprint density at radius 3 is 2.75 bits per heavy atom. The average Bonchev–Trinajstić information content (AvgIpc) is 3.21. The zero-order valence-electron chi connectivity index (χ0n) is 15.7. The summed E-state index contributed by atoms with van der Waals surface area (Å²) in [5.74, 6) is 1.38. The third kappa shape index (κ3) is 4.13. The molecule has 1 aromatic carbocycles. The Balaban J connectivity index is 1.49. The first-order chi connectivity index (χ1) is 13.7. The first kappa shape index (κ1) is 18.8. The molecule has 1 aliphatic heterocycles. The van der Waals surface area contributed by atoms with E-state index in [1.807, 2.05) is 35.0 Å². The van der Waals surface area contributed by atoms with Crippen molar-refractivity contribution < 1.29 is 14.3 Å². The summed E-state index contributed by atoms with van der Waals surface area (Å²) >= 11 is 1.58. The lowest BCUT2D eigenvalue weighted by molar-refractivity contribution is 0.0526. The fourth-order valence-electron chi connectivity index (χ4n) is 3.07. The van der Waals surface area contributed by atoms with E-state index in [0.29, 0.717) is 25.4 Å². The van der Waals surface area contributed by atoms with Crippen molar-refractivity contribution in [1.29, 1.82) is 0 Å². The van der Waals surface area contributed by atoms with Gasteiger partial charge >= 0.3 is 5.97 Å². The Hall–Kier alpha value is -2.58. The normalized spacial score (nSPS) is 14.4. The molecule has 1 aliphatic rings. The molecular weight excluding hydrogens is 376 g/mol. The van der Waals surface area contributed by atoms with Crippen molar-refractivity contribution in [3.8, 4) is 0 Å². The van der Waals surface area contributed by atoms with Crippen LogP contribution >= 0.6 is 11.8 Å².